The van der Waals surface area contributed by atoms with Crippen molar-refractivity contribution in [2.75, 3.05) is 4.90 Å². The van der Waals surface area contributed by atoms with Gasteiger partial charge in [-0.2, -0.15) is 0 Å². The predicted molar refractivity (Wildman–Crippen MR) is 109 cm³/mol. The van der Waals surface area contributed by atoms with E-state index in [1.165, 1.54) is 0 Å². The van der Waals surface area contributed by atoms with E-state index in [1.54, 1.807) is 36.5 Å². The number of para-hydroxylation sites is 1. The molecule has 28 heavy (non-hydrogen) atoms. The van der Waals surface area contributed by atoms with Gasteiger partial charge in [-0.3, -0.25) is 4.98 Å². The highest BCUT2D eigenvalue weighted by Crippen LogP contribution is 2.39. The molecule has 0 saturated carbocycles. The maximum atomic E-state index is 11.8. The number of pyridine rings is 1. The van der Waals surface area contributed by atoms with Crippen LogP contribution >= 0.6 is 0 Å². The fourth-order valence-corrected chi connectivity index (χ4v) is 3.29. The van der Waals surface area contributed by atoms with E-state index >= 15 is 0 Å². The molecule has 2 N–H and O–H groups in total. The van der Waals surface area contributed by atoms with Gasteiger partial charge in [0.05, 0.1) is 16.9 Å². The molecule has 0 aliphatic carbocycles. The Morgan fingerprint density at radius 3 is 2.39 bits per heavy atom. The minimum absolute atomic E-state index is 0.0224. The van der Waals surface area contributed by atoms with Gasteiger partial charge in [-0.05, 0) is 29.8 Å². The van der Waals surface area contributed by atoms with E-state index in [0.29, 0.717) is 23.4 Å². The Morgan fingerprint density at radius 2 is 1.61 bits per heavy atom. The van der Waals surface area contributed by atoms with Crippen LogP contribution in [-0.2, 0) is 6.54 Å². The second-order valence-corrected chi connectivity index (χ2v) is 6.40. The number of anilines is 2. The SMILES string of the molecule is O=C(O)c1ccccc1N(Cc1ccccc1)c1ccc2cccnc2c1O. The van der Waals surface area contributed by atoms with Crippen molar-refractivity contribution in [2.45, 2.75) is 6.54 Å². The Morgan fingerprint density at radius 1 is 0.857 bits per heavy atom. The third-order valence-corrected chi connectivity index (χ3v) is 4.63. The summed E-state index contributed by atoms with van der Waals surface area (Å²) in [6.07, 6.45) is 1.62. The lowest BCUT2D eigenvalue weighted by Gasteiger charge is -2.27. The standard InChI is InChI=1S/C23H18N2O3/c26-22-20(13-12-17-9-6-14-24-21(17)22)25(15-16-7-2-1-3-8-16)19-11-5-4-10-18(19)23(27)28/h1-14,26H,15H2,(H,27,28). The molecule has 0 atom stereocenters. The lowest BCUT2D eigenvalue weighted by molar-refractivity contribution is 0.0697. The molecule has 1 aromatic heterocycles. The predicted octanol–water partition coefficient (Wildman–Crippen LogP) is 4.98. The molecule has 138 valence electrons. The van der Waals surface area contributed by atoms with Crippen molar-refractivity contribution >= 4 is 28.2 Å². The number of aromatic hydroxyl groups is 1. The number of carboxylic acids is 1. The second-order valence-electron chi connectivity index (χ2n) is 6.40. The van der Waals surface area contributed by atoms with Crippen molar-refractivity contribution in [3.8, 4) is 5.75 Å². The first kappa shape index (κ1) is 17.5. The summed E-state index contributed by atoms with van der Waals surface area (Å²) in [5.74, 6) is -0.999. The number of phenolic OH excluding ortho intramolecular Hbond substituents is 1. The molecule has 0 saturated heterocycles. The molecule has 0 aliphatic rings. The Hall–Kier alpha value is -3.86. The molecule has 0 aliphatic heterocycles. The number of carboxylic acid groups (broad SMARTS) is 1. The molecule has 0 fully saturated rings. The molecule has 0 amide bonds. The minimum Gasteiger partial charge on any atom is -0.504 e. The molecule has 0 bridgehead atoms. The van der Waals surface area contributed by atoms with E-state index in [4.69, 9.17) is 0 Å². The summed E-state index contributed by atoms with van der Waals surface area (Å²) in [6, 6.07) is 23.8. The van der Waals surface area contributed by atoms with Crippen molar-refractivity contribution in [3.63, 3.8) is 0 Å². The summed E-state index contributed by atoms with van der Waals surface area (Å²) in [5.41, 5.74) is 2.64. The minimum atomic E-state index is -1.02. The smallest absolute Gasteiger partial charge is 0.337 e. The van der Waals surface area contributed by atoms with Gasteiger partial charge in [0.25, 0.3) is 0 Å². The van der Waals surface area contributed by atoms with Crippen molar-refractivity contribution < 1.29 is 15.0 Å². The van der Waals surface area contributed by atoms with Gasteiger partial charge >= 0.3 is 5.97 Å². The number of hydrogen-bond donors (Lipinski definition) is 2. The second kappa shape index (κ2) is 7.40. The largest absolute Gasteiger partial charge is 0.504 e. The van der Waals surface area contributed by atoms with Crippen molar-refractivity contribution in [3.05, 3.63) is 96.2 Å². The Bertz CT molecular complexity index is 1140. The van der Waals surface area contributed by atoms with Gasteiger partial charge in [0.1, 0.15) is 5.52 Å². The van der Waals surface area contributed by atoms with Crippen molar-refractivity contribution in [2.24, 2.45) is 0 Å². The number of carbonyl (C=O) groups is 1. The van der Waals surface area contributed by atoms with Gasteiger partial charge in [-0.15, -0.1) is 0 Å². The van der Waals surface area contributed by atoms with Crippen LogP contribution in [0.4, 0.5) is 11.4 Å². The first-order valence-electron chi connectivity index (χ1n) is 8.85. The van der Waals surface area contributed by atoms with Crippen LogP contribution in [0.3, 0.4) is 0 Å². The van der Waals surface area contributed by atoms with E-state index in [9.17, 15) is 15.0 Å². The van der Waals surface area contributed by atoms with Crippen LogP contribution in [0.25, 0.3) is 10.9 Å². The van der Waals surface area contributed by atoms with E-state index in [2.05, 4.69) is 4.98 Å². The summed E-state index contributed by atoms with van der Waals surface area (Å²) >= 11 is 0. The van der Waals surface area contributed by atoms with E-state index in [1.807, 2.05) is 53.4 Å². The first-order valence-corrected chi connectivity index (χ1v) is 8.85. The van der Waals surface area contributed by atoms with E-state index < -0.39 is 5.97 Å². The zero-order chi connectivity index (χ0) is 19.5. The molecule has 1 heterocycles. The maximum Gasteiger partial charge on any atom is 0.337 e. The Labute approximate surface area is 162 Å². The fraction of sp³-hybridized carbons (Fsp3) is 0.0435. The average Bonchev–Trinajstić information content (AvgIpc) is 2.74. The Kier molecular flexibility index (Phi) is 4.64. The molecule has 4 aromatic rings. The lowest BCUT2D eigenvalue weighted by atomic mass is 10.1. The Balaban J connectivity index is 1.92. The summed E-state index contributed by atoms with van der Waals surface area (Å²) in [7, 11) is 0. The molecule has 0 radical (unpaired) electrons. The highest BCUT2D eigenvalue weighted by atomic mass is 16.4. The zero-order valence-corrected chi connectivity index (χ0v) is 15.0. The highest BCUT2D eigenvalue weighted by molar-refractivity contribution is 5.97. The van der Waals surface area contributed by atoms with Gasteiger partial charge in [-0.1, -0.05) is 54.6 Å². The van der Waals surface area contributed by atoms with Crippen LogP contribution in [0.5, 0.6) is 5.75 Å². The number of phenols is 1. The molecule has 0 unspecified atom stereocenters. The fourth-order valence-electron chi connectivity index (χ4n) is 3.29. The molecule has 3 aromatic carbocycles. The lowest BCUT2D eigenvalue weighted by Crippen LogP contribution is -2.19. The van der Waals surface area contributed by atoms with Gasteiger partial charge in [0, 0.05) is 18.1 Å². The topological polar surface area (TPSA) is 73.7 Å². The zero-order valence-electron chi connectivity index (χ0n) is 15.0. The van der Waals surface area contributed by atoms with Crippen LogP contribution in [-0.4, -0.2) is 21.2 Å². The van der Waals surface area contributed by atoms with E-state index in [-0.39, 0.29) is 11.3 Å². The number of rotatable bonds is 5. The average molecular weight is 370 g/mol. The van der Waals surface area contributed by atoms with Gasteiger partial charge in [-0.25, -0.2) is 4.79 Å². The summed E-state index contributed by atoms with van der Waals surface area (Å²) in [6.45, 7) is 0.400. The number of fused-ring (bicyclic) bond motifs is 1. The van der Waals surface area contributed by atoms with Crippen LogP contribution in [0.2, 0.25) is 0 Å². The van der Waals surface area contributed by atoms with Crippen LogP contribution in [0.15, 0.2) is 85.1 Å². The molecule has 4 rings (SSSR count). The number of hydrogen-bond acceptors (Lipinski definition) is 4. The number of aromatic carboxylic acids is 1. The van der Waals surface area contributed by atoms with Crippen LogP contribution in [0.1, 0.15) is 15.9 Å². The first-order chi connectivity index (χ1) is 13.6. The number of benzene rings is 3. The number of nitrogens with zero attached hydrogens (tertiary/aromatic N) is 2. The van der Waals surface area contributed by atoms with Gasteiger partial charge in [0.2, 0.25) is 0 Å². The summed E-state index contributed by atoms with van der Waals surface area (Å²) in [4.78, 5) is 17.9. The molecule has 5 heteroatoms. The quantitative estimate of drug-likeness (QED) is 0.518. The van der Waals surface area contributed by atoms with Crippen LogP contribution < -0.4 is 4.90 Å². The highest BCUT2D eigenvalue weighted by Gasteiger charge is 2.21. The third kappa shape index (κ3) is 3.25. The monoisotopic (exact) mass is 370 g/mol. The molecular formula is C23H18N2O3. The van der Waals surface area contributed by atoms with Crippen molar-refractivity contribution in [1.29, 1.82) is 0 Å². The normalized spacial score (nSPS) is 10.7. The summed E-state index contributed by atoms with van der Waals surface area (Å²) in [5, 5.41) is 21.4. The third-order valence-electron chi connectivity index (χ3n) is 4.63. The van der Waals surface area contributed by atoms with Crippen molar-refractivity contribution in [1.82, 2.24) is 4.98 Å². The van der Waals surface area contributed by atoms with Gasteiger partial charge in [0.15, 0.2) is 5.75 Å². The molecule has 0 spiro atoms. The van der Waals surface area contributed by atoms with Gasteiger partial charge < -0.3 is 15.1 Å². The molecular weight excluding hydrogens is 352 g/mol. The van der Waals surface area contributed by atoms with E-state index in [0.717, 1.165) is 10.9 Å². The maximum absolute atomic E-state index is 11.8. The molecule has 5 nitrogen and oxygen atoms in total. The summed E-state index contributed by atoms with van der Waals surface area (Å²) < 4.78 is 0. The number of aromatic nitrogens is 1. The van der Waals surface area contributed by atoms with Crippen LogP contribution in [0, 0.1) is 0 Å².